The van der Waals surface area contributed by atoms with Crippen molar-refractivity contribution in [3.63, 3.8) is 0 Å². The number of halogens is 1. The predicted molar refractivity (Wildman–Crippen MR) is 104 cm³/mol. The smallest absolute Gasteiger partial charge is 0.240 e. The van der Waals surface area contributed by atoms with Crippen LogP contribution in [0.15, 0.2) is 53.4 Å². The van der Waals surface area contributed by atoms with Crippen LogP contribution in [0.4, 0.5) is 0 Å². The molecular weight excluding hydrogens is 372 g/mol. The van der Waals surface area contributed by atoms with Crippen molar-refractivity contribution in [2.75, 3.05) is 13.1 Å². The second kappa shape index (κ2) is 9.71. The van der Waals surface area contributed by atoms with Crippen LogP contribution in [-0.4, -0.2) is 27.4 Å². The Balaban J connectivity index is 1.71. The molecule has 0 bridgehead atoms. The van der Waals surface area contributed by atoms with Crippen molar-refractivity contribution in [2.45, 2.75) is 31.1 Å². The fourth-order valence-electron chi connectivity index (χ4n) is 2.37. The number of hydrogen-bond acceptors (Lipinski definition) is 3. The van der Waals surface area contributed by atoms with E-state index in [-0.39, 0.29) is 23.9 Å². The number of carbonyl (C=O) groups excluding carboxylic acids is 1. The van der Waals surface area contributed by atoms with Crippen LogP contribution in [0.5, 0.6) is 0 Å². The molecule has 0 aliphatic rings. The predicted octanol–water partition coefficient (Wildman–Crippen LogP) is 2.93. The van der Waals surface area contributed by atoms with Crippen LogP contribution in [0.1, 0.15) is 24.5 Å². The maximum atomic E-state index is 12.2. The summed E-state index contributed by atoms with van der Waals surface area (Å²) in [6.07, 6.45) is 1.81. The third-order valence-electron chi connectivity index (χ3n) is 3.94. The van der Waals surface area contributed by atoms with Gasteiger partial charge in [0.25, 0.3) is 0 Å². The van der Waals surface area contributed by atoms with Gasteiger partial charge in [0.05, 0.1) is 4.90 Å². The zero-order chi connectivity index (χ0) is 19.0. The van der Waals surface area contributed by atoms with Gasteiger partial charge in [-0.15, -0.1) is 0 Å². The third-order valence-corrected chi connectivity index (χ3v) is 5.66. The number of sulfonamides is 1. The zero-order valence-electron chi connectivity index (χ0n) is 14.7. The minimum absolute atomic E-state index is 0.119. The van der Waals surface area contributed by atoms with Crippen LogP contribution in [0.25, 0.3) is 0 Å². The Labute approximate surface area is 159 Å². The lowest BCUT2D eigenvalue weighted by molar-refractivity contribution is -0.121. The van der Waals surface area contributed by atoms with E-state index in [9.17, 15) is 13.2 Å². The molecule has 0 atom stereocenters. The Morgan fingerprint density at radius 3 is 2.19 bits per heavy atom. The molecule has 0 aliphatic carbocycles. The topological polar surface area (TPSA) is 75.3 Å². The maximum Gasteiger partial charge on any atom is 0.240 e. The van der Waals surface area contributed by atoms with Gasteiger partial charge in [-0.1, -0.05) is 42.8 Å². The van der Waals surface area contributed by atoms with Crippen molar-refractivity contribution in [3.05, 3.63) is 64.7 Å². The third kappa shape index (κ3) is 6.44. The van der Waals surface area contributed by atoms with Crippen molar-refractivity contribution in [3.8, 4) is 0 Å². The average molecular weight is 395 g/mol. The highest BCUT2D eigenvalue weighted by molar-refractivity contribution is 7.89. The summed E-state index contributed by atoms with van der Waals surface area (Å²) in [5.41, 5.74) is 2.11. The molecule has 7 heteroatoms. The Bertz CT molecular complexity index is 819. The first kappa shape index (κ1) is 20.4. The molecule has 0 fully saturated rings. The number of benzene rings is 2. The van der Waals surface area contributed by atoms with Gasteiger partial charge in [0.15, 0.2) is 0 Å². The lowest BCUT2D eigenvalue weighted by Crippen LogP contribution is -2.34. The van der Waals surface area contributed by atoms with Gasteiger partial charge in [-0.25, -0.2) is 13.1 Å². The molecule has 5 nitrogen and oxygen atoms in total. The normalized spacial score (nSPS) is 11.3. The number of aryl methyl sites for hydroxylation is 2. The summed E-state index contributed by atoms with van der Waals surface area (Å²) in [6.45, 7) is 2.40. The van der Waals surface area contributed by atoms with E-state index in [0.29, 0.717) is 17.9 Å². The molecule has 2 aromatic carbocycles. The lowest BCUT2D eigenvalue weighted by atomic mass is 10.1. The van der Waals surface area contributed by atoms with Crippen LogP contribution in [-0.2, 0) is 27.7 Å². The van der Waals surface area contributed by atoms with E-state index in [1.165, 1.54) is 0 Å². The molecule has 2 rings (SSSR count). The molecule has 0 saturated heterocycles. The fraction of sp³-hybridized carbons (Fsp3) is 0.316. The summed E-state index contributed by atoms with van der Waals surface area (Å²) in [5, 5.41) is 3.38. The Hall–Kier alpha value is -1.89. The van der Waals surface area contributed by atoms with Gasteiger partial charge >= 0.3 is 0 Å². The van der Waals surface area contributed by atoms with Crippen molar-refractivity contribution in [2.24, 2.45) is 0 Å². The van der Waals surface area contributed by atoms with E-state index < -0.39 is 10.0 Å². The molecule has 0 heterocycles. The first-order valence-corrected chi connectivity index (χ1v) is 10.4. The Kier molecular flexibility index (Phi) is 7.63. The first-order valence-electron chi connectivity index (χ1n) is 8.50. The van der Waals surface area contributed by atoms with Crippen molar-refractivity contribution < 1.29 is 13.2 Å². The van der Waals surface area contributed by atoms with E-state index in [2.05, 4.69) is 10.0 Å². The monoisotopic (exact) mass is 394 g/mol. The molecule has 0 saturated carbocycles. The fourth-order valence-corrected chi connectivity index (χ4v) is 3.53. The lowest BCUT2D eigenvalue weighted by Gasteiger charge is -2.09. The minimum Gasteiger partial charge on any atom is -0.355 e. The molecule has 0 unspecified atom stereocenters. The molecule has 26 heavy (non-hydrogen) atoms. The summed E-state index contributed by atoms with van der Waals surface area (Å²) in [5.74, 6) is -0.119. The van der Waals surface area contributed by atoms with Gasteiger partial charge in [-0.3, -0.25) is 4.79 Å². The highest BCUT2D eigenvalue weighted by Gasteiger charge is 2.13. The largest absolute Gasteiger partial charge is 0.355 e. The summed E-state index contributed by atoms with van der Waals surface area (Å²) >= 11 is 5.82. The number of rotatable bonds is 9. The second-order valence-electron chi connectivity index (χ2n) is 5.87. The van der Waals surface area contributed by atoms with Crippen LogP contribution in [0, 0.1) is 0 Å². The molecule has 1 amide bonds. The summed E-state index contributed by atoms with van der Waals surface area (Å²) in [4.78, 5) is 12.1. The molecule has 0 aliphatic heterocycles. The first-order chi connectivity index (χ1) is 12.4. The van der Waals surface area contributed by atoms with Crippen LogP contribution < -0.4 is 10.0 Å². The van der Waals surface area contributed by atoms with Gasteiger partial charge in [0, 0.05) is 24.5 Å². The summed E-state index contributed by atoms with van der Waals surface area (Å²) < 4.78 is 26.9. The SMILES string of the molecule is CCc1ccc(S(=O)(=O)NCCNC(=O)CCc2ccc(Cl)cc2)cc1. The second-order valence-corrected chi connectivity index (χ2v) is 8.08. The molecule has 2 aromatic rings. The van der Waals surface area contributed by atoms with Crippen molar-refractivity contribution >= 4 is 27.5 Å². The molecular formula is C19H23ClN2O3S. The molecule has 2 N–H and O–H groups in total. The highest BCUT2D eigenvalue weighted by atomic mass is 35.5. The molecule has 0 spiro atoms. The Morgan fingerprint density at radius 2 is 1.58 bits per heavy atom. The number of nitrogens with one attached hydrogen (secondary N) is 2. The van der Waals surface area contributed by atoms with E-state index in [1.54, 1.807) is 36.4 Å². The van der Waals surface area contributed by atoms with Gasteiger partial charge in [0.2, 0.25) is 15.9 Å². The standard InChI is InChI=1S/C19H23ClN2O3S/c1-2-15-5-10-18(11-6-15)26(24,25)22-14-13-21-19(23)12-7-16-3-8-17(20)9-4-16/h3-6,8-11,22H,2,7,12-14H2,1H3,(H,21,23). The summed E-state index contributed by atoms with van der Waals surface area (Å²) in [6, 6.07) is 14.1. The zero-order valence-corrected chi connectivity index (χ0v) is 16.2. The summed E-state index contributed by atoms with van der Waals surface area (Å²) in [7, 11) is -3.56. The quantitative estimate of drug-likeness (QED) is 0.642. The number of amides is 1. The maximum absolute atomic E-state index is 12.2. The van der Waals surface area contributed by atoms with Crippen LogP contribution in [0.3, 0.4) is 0 Å². The molecule has 0 radical (unpaired) electrons. The average Bonchev–Trinajstić information content (AvgIpc) is 2.65. The van der Waals surface area contributed by atoms with Crippen molar-refractivity contribution in [1.82, 2.24) is 10.0 Å². The van der Waals surface area contributed by atoms with Crippen LogP contribution >= 0.6 is 11.6 Å². The van der Waals surface area contributed by atoms with Gasteiger partial charge < -0.3 is 5.32 Å². The number of carbonyl (C=O) groups is 1. The van der Waals surface area contributed by atoms with E-state index in [4.69, 9.17) is 11.6 Å². The van der Waals surface area contributed by atoms with E-state index in [1.807, 2.05) is 19.1 Å². The van der Waals surface area contributed by atoms with Gasteiger partial charge in [-0.05, 0) is 48.2 Å². The van der Waals surface area contributed by atoms with Gasteiger partial charge in [0.1, 0.15) is 0 Å². The van der Waals surface area contributed by atoms with Crippen molar-refractivity contribution in [1.29, 1.82) is 0 Å². The van der Waals surface area contributed by atoms with Crippen LogP contribution in [0.2, 0.25) is 5.02 Å². The molecule has 140 valence electrons. The van der Waals surface area contributed by atoms with E-state index in [0.717, 1.165) is 17.5 Å². The highest BCUT2D eigenvalue weighted by Crippen LogP contribution is 2.11. The van der Waals surface area contributed by atoms with E-state index >= 15 is 0 Å². The molecule has 0 aromatic heterocycles. The minimum atomic E-state index is -3.56. The van der Waals surface area contributed by atoms with Gasteiger partial charge in [-0.2, -0.15) is 0 Å². The Morgan fingerprint density at radius 1 is 0.962 bits per heavy atom. The number of hydrogen-bond donors (Lipinski definition) is 2.